The molecule has 0 aromatic heterocycles. The lowest BCUT2D eigenvalue weighted by molar-refractivity contribution is 0.847. The van der Waals surface area contributed by atoms with Gasteiger partial charge in [0.05, 0.1) is 0 Å². The topological polar surface area (TPSA) is 39.7 Å². The van der Waals surface area contributed by atoms with Crippen molar-refractivity contribution in [2.45, 2.75) is 6.54 Å². The molecule has 0 atom stereocenters. The minimum atomic E-state index is 0. The summed E-state index contributed by atoms with van der Waals surface area (Å²) in [5.41, 5.74) is 2.51. The molecule has 2 N–H and O–H groups in total. The van der Waals surface area contributed by atoms with Crippen LogP contribution < -0.4 is 15.5 Å². The van der Waals surface area contributed by atoms with E-state index in [2.05, 4.69) is 63.5 Å². The van der Waals surface area contributed by atoms with E-state index in [1.54, 1.807) is 7.05 Å². The van der Waals surface area contributed by atoms with Crippen LogP contribution >= 0.6 is 24.0 Å². The fourth-order valence-electron chi connectivity index (χ4n) is 2.09. The highest BCUT2D eigenvalue weighted by atomic mass is 127. The van der Waals surface area contributed by atoms with Gasteiger partial charge in [0.1, 0.15) is 0 Å². The molecule has 0 saturated heterocycles. The number of halogens is 1. The summed E-state index contributed by atoms with van der Waals surface area (Å²) in [5.74, 6) is 0.790. The molecule has 114 valence electrons. The molecule has 0 radical (unpaired) electrons. The second-order valence-electron chi connectivity index (χ2n) is 4.64. The molecule has 4 nitrogen and oxygen atoms in total. The van der Waals surface area contributed by atoms with Gasteiger partial charge in [0.15, 0.2) is 5.96 Å². The number of anilines is 1. The molecule has 0 bridgehead atoms. The lowest BCUT2D eigenvalue weighted by atomic mass is 10.2. The van der Waals surface area contributed by atoms with Gasteiger partial charge in [-0.05, 0) is 17.7 Å². The fourth-order valence-corrected chi connectivity index (χ4v) is 2.09. The van der Waals surface area contributed by atoms with Gasteiger partial charge in [0.2, 0.25) is 0 Å². The van der Waals surface area contributed by atoms with Gasteiger partial charge in [-0.1, -0.05) is 30.4 Å². The van der Waals surface area contributed by atoms with Crippen molar-refractivity contribution in [3.8, 4) is 0 Å². The summed E-state index contributed by atoms with van der Waals surface area (Å²) in [4.78, 5) is 6.49. The van der Waals surface area contributed by atoms with Gasteiger partial charge in [0, 0.05) is 38.9 Å². The second-order valence-corrected chi connectivity index (χ2v) is 4.64. The van der Waals surface area contributed by atoms with E-state index in [1.165, 1.54) is 11.3 Å². The Labute approximate surface area is 144 Å². The average molecular weight is 398 g/mol. The van der Waals surface area contributed by atoms with Crippen LogP contribution in [-0.2, 0) is 6.54 Å². The molecular weight excluding hydrogens is 375 g/mol. The lowest BCUT2D eigenvalue weighted by Crippen LogP contribution is -2.36. The monoisotopic (exact) mass is 398 g/mol. The zero-order valence-electron chi connectivity index (χ0n) is 12.4. The van der Waals surface area contributed by atoms with Crippen molar-refractivity contribution in [3.05, 3.63) is 54.6 Å². The first kappa shape index (κ1) is 17.6. The van der Waals surface area contributed by atoms with E-state index in [9.17, 15) is 0 Å². The maximum atomic E-state index is 4.15. The normalized spacial score (nSPS) is 13.8. The van der Waals surface area contributed by atoms with E-state index >= 15 is 0 Å². The second kappa shape index (κ2) is 9.44. The molecule has 0 fully saturated rings. The van der Waals surface area contributed by atoms with Gasteiger partial charge < -0.3 is 15.5 Å². The summed E-state index contributed by atoms with van der Waals surface area (Å²) in [5, 5.41) is 6.42. The summed E-state index contributed by atoms with van der Waals surface area (Å²) in [6.07, 6.45) is 6.21. The molecular formula is C16H23IN4. The number of guanidine groups is 1. The number of hydrogen-bond donors (Lipinski definition) is 2. The van der Waals surface area contributed by atoms with Crippen molar-refractivity contribution in [1.29, 1.82) is 0 Å². The van der Waals surface area contributed by atoms with Gasteiger partial charge in [-0.25, -0.2) is 0 Å². The maximum Gasteiger partial charge on any atom is 0.191 e. The lowest BCUT2D eigenvalue weighted by Gasteiger charge is -2.18. The number of hydrogen-bond acceptors (Lipinski definition) is 2. The highest BCUT2D eigenvalue weighted by Gasteiger charge is 2.06. The summed E-state index contributed by atoms with van der Waals surface area (Å²) in [6, 6.07) is 8.65. The van der Waals surface area contributed by atoms with E-state index in [0.29, 0.717) is 6.54 Å². The van der Waals surface area contributed by atoms with E-state index < -0.39 is 0 Å². The molecule has 0 spiro atoms. The Morgan fingerprint density at radius 3 is 2.48 bits per heavy atom. The number of benzene rings is 1. The molecule has 1 aliphatic rings. The van der Waals surface area contributed by atoms with Crippen molar-refractivity contribution in [1.82, 2.24) is 10.6 Å². The molecule has 0 unspecified atom stereocenters. The fraction of sp³-hybridized carbons (Fsp3) is 0.312. The summed E-state index contributed by atoms with van der Waals surface area (Å²) in [6.45, 7) is 7.17. The summed E-state index contributed by atoms with van der Waals surface area (Å²) < 4.78 is 0. The van der Waals surface area contributed by atoms with Crippen molar-refractivity contribution < 1.29 is 0 Å². The van der Waals surface area contributed by atoms with Crippen molar-refractivity contribution in [3.63, 3.8) is 0 Å². The molecule has 21 heavy (non-hydrogen) atoms. The molecule has 2 rings (SSSR count). The van der Waals surface area contributed by atoms with Crippen LogP contribution in [0.1, 0.15) is 5.56 Å². The van der Waals surface area contributed by atoms with Crippen LogP contribution in [0.25, 0.3) is 0 Å². The van der Waals surface area contributed by atoms with Crippen LogP contribution in [0.2, 0.25) is 0 Å². The SMILES string of the molecule is C=CCNC(=NC)NCc1ccc(N2CC=CC2)cc1.I. The first-order valence-corrected chi connectivity index (χ1v) is 6.88. The smallest absolute Gasteiger partial charge is 0.191 e. The van der Waals surface area contributed by atoms with Crippen LogP contribution in [0.4, 0.5) is 5.69 Å². The molecule has 0 aliphatic carbocycles. The summed E-state index contributed by atoms with van der Waals surface area (Å²) in [7, 11) is 1.77. The Balaban J connectivity index is 0.00000220. The third-order valence-corrected chi connectivity index (χ3v) is 3.22. The Morgan fingerprint density at radius 2 is 1.90 bits per heavy atom. The Kier molecular flexibility index (Phi) is 7.89. The zero-order chi connectivity index (χ0) is 14.2. The van der Waals surface area contributed by atoms with Gasteiger partial charge in [-0.3, -0.25) is 4.99 Å². The third kappa shape index (κ3) is 5.41. The van der Waals surface area contributed by atoms with Gasteiger partial charge in [-0.15, -0.1) is 30.6 Å². The minimum absolute atomic E-state index is 0. The first-order chi connectivity index (χ1) is 9.83. The van der Waals surface area contributed by atoms with Gasteiger partial charge in [-0.2, -0.15) is 0 Å². The Hall–Kier alpha value is -1.50. The van der Waals surface area contributed by atoms with Crippen LogP contribution in [0.15, 0.2) is 54.1 Å². The van der Waals surface area contributed by atoms with Crippen LogP contribution in [0.3, 0.4) is 0 Å². The Bertz CT molecular complexity index is 486. The van der Waals surface area contributed by atoms with Crippen LogP contribution in [0, 0.1) is 0 Å². The first-order valence-electron chi connectivity index (χ1n) is 6.88. The average Bonchev–Trinajstić information content (AvgIpc) is 3.02. The van der Waals surface area contributed by atoms with Crippen LogP contribution in [0.5, 0.6) is 0 Å². The van der Waals surface area contributed by atoms with Gasteiger partial charge >= 0.3 is 0 Å². The van der Waals surface area contributed by atoms with E-state index in [1.807, 2.05) is 6.08 Å². The maximum absolute atomic E-state index is 4.15. The number of rotatable bonds is 5. The highest BCUT2D eigenvalue weighted by molar-refractivity contribution is 14.0. The van der Waals surface area contributed by atoms with Crippen molar-refractivity contribution in [2.75, 3.05) is 31.6 Å². The highest BCUT2D eigenvalue weighted by Crippen LogP contribution is 2.17. The molecule has 0 amide bonds. The standard InChI is InChI=1S/C16H22N4.HI/c1-3-10-18-16(17-2)19-13-14-6-8-15(9-7-14)20-11-4-5-12-20;/h3-9H,1,10-13H2,2H3,(H2,17,18,19);1H. The predicted octanol–water partition coefficient (Wildman–Crippen LogP) is 2.53. The summed E-state index contributed by atoms with van der Waals surface area (Å²) >= 11 is 0. The molecule has 1 aliphatic heterocycles. The van der Waals surface area contributed by atoms with Crippen LogP contribution in [-0.4, -0.2) is 32.6 Å². The molecule has 1 aromatic carbocycles. The molecule has 1 aromatic rings. The van der Waals surface area contributed by atoms with Gasteiger partial charge in [0.25, 0.3) is 0 Å². The molecule has 5 heteroatoms. The quantitative estimate of drug-likeness (QED) is 0.347. The molecule has 1 heterocycles. The molecule has 0 saturated carbocycles. The van der Waals surface area contributed by atoms with E-state index in [4.69, 9.17) is 0 Å². The van der Waals surface area contributed by atoms with Crippen molar-refractivity contribution in [2.24, 2.45) is 4.99 Å². The van der Waals surface area contributed by atoms with E-state index in [0.717, 1.165) is 25.6 Å². The zero-order valence-corrected chi connectivity index (χ0v) is 14.7. The number of nitrogens with zero attached hydrogens (tertiary/aromatic N) is 2. The van der Waals surface area contributed by atoms with E-state index in [-0.39, 0.29) is 24.0 Å². The number of aliphatic imine (C=N–C) groups is 1. The predicted molar refractivity (Wildman–Crippen MR) is 102 cm³/mol. The van der Waals surface area contributed by atoms with Crippen molar-refractivity contribution >= 4 is 35.6 Å². The Morgan fingerprint density at radius 1 is 1.24 bits per heavy atom. The minimum Gasteiger partial charge on any atom is -0.364 e. The third-order valence-electron chi connectivity index (χ3n) is 3.22. The largest absolute Gasteiger partial charge is 0.364 e. The number of nitrogens with one attached hydrogen (secondary N) is 2.